The summed E-state index contributed by atoms with van der Waals surface area (Å²) in [6.45, 7) is 0. The van der Waals surface area contributed by atoms with Crippen LogP contribution in [0.4, 0.5) is 5.69 Å². The number of carboxylic acid groups (broad SMARTS) is 1. The zero-order chi connectivity index (χ0) is 17.6. The van der Waals surface area contributed by atoms with Gasteiger partial charge >= 0.3 is 5.97 Å². The van der Waals surface area contributed by atoms with Crippen LogP contribution in [-0.4, -0.2) is 22.0 Å². The molecule has 0 radical (unpaired) electrons. The van der Waals surface area contributed by atoms with Crippen LogP contribution in [0.1, 0.15) is 16.1 Å². The highest BCUT2D eigenvalue weighted by atomic mass is 16.4. The minimum atomic E-state index is -1.08. The van der Waals surface area contributed by atoms with E-state index in [9.17, 15) is 14.7 Å². The Bertz CT molecular complexity index is 913. The number of hydrogen-bond donors (Lipinski definition) is 3. The normalized spacial score (nSPS) is 10.7. The number of benzene rings is 2. The number of aromatic carboxylic acids is 1. The fourth-order valence-corrected chi connectivity index (χ4v) is 2.42. The van der Waals surface area contributed by atoms with Gasteiger partial charge in [0.25, 0.3) is 0 Å². The predicted octanol–water partition coefficient (Wildman–Crippen LogP) is 4.03. The van der Waals surface area contributed by atoms with E-state index in [0.717, 1.165) is 5.56 Å². The second-order valence-electron chi connectivity index (χ2n) is 5.37. The molecule has 0 atom stereocenters. The SMILES string of the molecule is O=C(/C=C/c1cc(-c2ccccc2)[nH]c1C(=O)O)Nc1ccccc1. The summed E-state index contributed by atoms with van der Waals surface area (Å²) >= 11 is 0. The van der Waals surface area contributed by atoms with E-state index in [1.807, 2.05) is 48.5 Å². The van der Waals surface area contributed by atoms with Crippen molar-refractivity contribution in [1.82, 2.24) is 4.98 Å². The van der Waals surface area contributed by atoms with Gasteiger partial charge in [-0.1, -0.05) is 48.5 Å². The number of aromatic amines is 1. The second-order valence-corrected chi connectivity index (χ2v) is 5.37. The van der Waals surface area contributed by atoms with Gasteiger partial charge in [-0.3, -0.25) is 4.79 Å². The van der Waals surface area contributed by atoms with Gasteiger partial charge in [0.1, 0.15) is 5.69 Å². The first-order valence-electron chi connectivity index (χ1n) is 7.69. The molecule has 1 aromatic heterocycles. The maximum Gasteiger partial charge on any atom is 0.352 e. The molecule has 0 saturated heterocycles. The zero-order valence-corrected chi connectivity index (χ0v) is 13.3. The molecule has 2 aromatic carbocycles. The maximum absolute atomic E-state index is 12.0. The number of anilines is 1. The van der Waals surface area contributed by atoms with Gasteiger partial charge in [-0.25, -0.2) is 4.79 Å². The van der Waals surface area contributed by atoms with Crippen LogP contribution in [0.5, 0.6) is 0 Å². The molecule has 0 aliphatic rings. The predicted molar refractivity (Wildman–Crippen MR) is 97.3 cm³/mol. The molecule has 3 aromatic rings. The third kappa shape index (κ3) is 4.03. The van der Waals surface area contributed by atoms with E-state index in [1.165, 1.54) is 12.2 Å². The number of aromatic nitrogens is 1. The van der Waals surface area contributed by atoms with E-state index in [0.29, 0.717) is 16.9 Å². The Morgan fingerprint density at radius 3 is 2.24 bits per heavy atom. The summed E-state index contributed by atoms with van der Waals surface area (Å²) < 4.78 is 0. The first-order chi connectivity index (χ1) is 12.1. The molecular weight excluding hydrogens is 316 g/mol. The highest BCUT2D eigenvalue weighted by Crippen LogP contribution is 2.23. The van der Waals surface area contributed by atoms with Crippen LogP contribution in [0.25, 0.3) is 17.3 Å². The van der Waals surface area contributed by atoms with Crippen molar-refractivity contribution in [2.75, 3.05) is 5.32 Å². The Morgan fingerprint density at radius 2 is 1.60 bits per heavy atom. The molecule has 0 bridgehead atoms. The number of carboxylic acids is 1. The molecule has 0 fully saturated rings. The van der Waals surface area contributed by atoms with Gasteiger partial charge in [-0.05, 0) is 29.8 Å². The smallest absolute Gasteiger partial charge is 0.352 e. The number of nitrogens with one attached hydrogen (secondary N) is 2. The fraction of sp³-hybridized carbons (Fsp3) is 0. The van der Waals surface area contributed by atoms with Gasteiger partial charge in [-0.15, -0.1) is 0 Å². The van der Waals surface area contributed by atoms with Crippen molar-refractivity contribution >= 4 is 23.6 Å². The fourth-order valence-electron chi connectivity index (χ4n) is 2.42. The van der Waals surface area contributed by atoms with Crippen molar-refractivity contribution in [3.63, 3.8) is 0 Å². The Kier molecular flexibility index (Phi) is 4.76. The summed E-state index contributed by atoms with van der Waals surface area (Å²) in [6, 6.07) is 20.2. The first-order valence-corrected chi connectivity index (χ1v) is 7.69. The number of rotatable bonds is 5. The number of carbonyl (C=O) groups is 2. The zero-order valence-electron chi connectivity index (χ0n) is 13.3. The average molecular weight is 332 g/mol. The summed E-state index contributed by atoms with van der Waals surface area (Å²) in [5.74, 6) is -1.41. The number of hydrogen-bond acceptors (Lipinski definition) is 2. The largest absolute Gasteiger partial charge is 0.477 e. The lowest BCUT2D eigenvalue weighted by molar-refractivity contribution is -0.111. The van der Waals surface area contributed by atoms with Crippen LogP contribution < -0.4 is 5.32 Å². The van der Waals surface area contributed by atoms with E-state index in [2.05, 4.69) is 10.3 Å². The van der Waals surface area contributed by atoms with Gasteiger partial charge in [0, 0.05) is 23.0 Å². The van der Waals surface area contributed by atoms with Crippen LogP contribution in [0.2, 0.25) is 0 Å². The van der Waals surface area contributed by atoms with E-state index >= 15 is 0 Å². The molecular formula is C20H16N2O3. The van der Waals surface area contributed by atoms with E-state index in [4.69, 9.17) is 0 Å². The van der Waals surface area contributed by atoms with E-state index in [-0.39, 0.29) is 11.6 Å². The highest BCUT2D eigenvalue weighted by Gasteiger charge is 2.13. The van der Waals surface area contributed by atoms with Crippen molar-refractivity contribution in [3.05, 3.63) is 84.1 Å². The average Bonchev–Trinajstić information content (AvgIpc) is 3.06. The van der Waals surface area contributed by atoms with Crippen molar-refractivity contribution in [3.8, 4) is 11.3 Å². The number of amides is 1. The van der Waals surface area contributed by atoms with Crippen LogP contribution >= 0.6 is 0 Å². The number of para-hydroxylation sites is 1. The van der Waals surface area contributed by atoms with Crippen molar-refractivity contribution < 1.29 is 14.7 Å². The van der Waals surface area contributed by atoms with Gasteiger partial charge in [0.05, 0.1) is 0 Å². The van der Waals surface area contributed by atoms with Gasteiger partial charge < -0.3 is 15.4 Å². The third-order valence-corrected chi connectivity index (χ3v) is 3.60. The minimum Gasteiger partial charge on any atom is -0.477 e. The topological polar surface area (TPSA) is 82.2 Å². The molecule has 0 spiro atoms. The Hall–Kier alpha value is -3.60. The summed E-state index contributed by atoms with van der Waals surface area (Å²) in [6.07, 6.45) is 2.81. The monoisotopic (exact) mass is 332 g/mol. The summed E-state index contributed by atoms with van der Waals surface area (Å²) in [7, 11) is 0. The van der Waals surface area contributed by atoms with Gasteiger partial charge in [-0.2, -0.15) is 0 Å². The first kappa shape index (κ1) is 16.3. The molecule has 0 aliphatic carbocycles. The molecule has 3 rings (SSSR count). The lowest BCUT2D eigenvalue weighted by atomic mass is 10.1. The van der Waals surface area contributed by atoms with Crippen molar-refractivity contribution in [2.45, 2.75) is 0 Å². The molecule has 25 heavy (non-hydrogen) atoms. The molecule has 0 saturated carbocycles. The molecule has 0 unspecified atom stereocenters. The van der Waals surface area contributed by atoms with Gasteiger partial charge in [0.15, 0.2) is 0 Å². The van der Waals surface area contributed by atoms with Crippen molar-refractivity contribution in [1.29, 1.82) is 0 Å². The Morgan fingerprint density at radius 1 is 0.960 bits per heavy atom. The van der Waals surface area contributed by atoms with Crippen LogP contribution in [0, 0.1) is 0 Å². The third-order valence-electron chi connectivity index (χ3n) is 3.60. The lowest BCUT2D eigenvalue weighted by Gasteiger charge is -2.00. The van der Waals surface area contributed by atoms with Crippen LogP contribution in [0.15, 0.2) is 72.8 Å². The summed E-state index contributed by atoms with van der Waals surface area (Å²) in [5, 5.41) is 12.1. The molecule has 0 aliphatic heterocycles. The summed E-state index contributed by atoms with van der Waals surface area (Å²) in [5.41, 5.74) is 2.71. The highest BCUT2D eigenvalue weighted by molar-refractivity contribution is 6.03. The molecule has 1 heterocycles. The molecule has 124 valence electrons. The van der Waals surface area contributed by atoms with Crippen molar-refractivity contribution in [2.24, 2.45) is 0 Å². The molecule has 5 heteroatoms. The lowest BCUT2D eigenvalue weighted by Crippen LogP contribution is -2.07. The van der Waals surface area contributed by atoms with E-state index < -0.39 is 5.97 Å². The molecule has 5 nitrogen and oxygen atoms in total. The summed E-state index contributed by atoms with van der Waals surface area (Å²) in [4.78, 5) is 26.3. The van der Waals surface area contributed by atoms with E-state index in [1.54, 1.807) is 18.2 Å². The molecule has 1 amide bonds. The molecule has 3 N–H and O–H groups in total. The standard InChI is InChI=1S/C20H16N2O3/c23-18(21-16-9-5-2-6-10-16)12-11-15-13-17(22-19(15)20(24)25)14-7-3-1-4-8-14/h1-13,22H,(H,21,23)(H,24,25)/b12-11+. The minimum absolute atomic E-state index is 0.0441. The number of carbonyl (C=O) groups excluding carboxylic acids is 1. The van der Waals surface area contributed by atoms with Crippen LogP contribution in [0.3, 0.4) is 0 Å². The maximum atomic E-state index is 12.0. The van der Waals surface area contributed by atoms with Crippen LogP contribution in [-0.2, 0) is 4.79 Å². The Labute approximate surface area is 144 Å². The Balaban J connectivity index is 1.82. The van der Waals surface area contributed by atoms with Gasteiger partial charge in [0.2, 0.25) is 5.91 Å². The second kappa shape index (κ2) is 7.31. The number of H-pyrrole nitrogens is 1. The quantitative estimate of drug-likeness (QED) is 0.617.